The van der Waals surface area contributed by atoms with Gasteiger partial charge in [-0.05, 0) is 44.1 Å². The maximum Gasteiger partial charge on any atom is 0.408 e. The van der Waals surface area contributed by atoms with Crippen LogP contribution in [0.4, 0.5) is 4.79 Å². The molecular weight excluding hydrogens is 376 g/mol. The highest BCUT2D eigenvalue weighted by Crippen LogP contribution is 2.22. The SMILES string of the molecule is C1CCC(NC2CCCCC2)CC1.C=CCOC(=O)N[C@@H](CCSC)C(=O)O. The molecule has 0 unspecified atom stereocenters. The predicted molar refractivity (Wildman–Crippen MR) is 116 cm³/mol. The Bertz CT molecular complexity index is 434. The van der Waals surface area contributed by atoms with Crippen molar-refractivity contribution < 1.29 is 19.4 Å². The molecule has 0 bridgehead atoms. The van der Waals surface area contributed by atoms with Gasteiger partial charge in [-0.1, -0.05) is 51.2 Å². The number of aliphatic carboxylic acids is 1. The van der Waals surface area contributed by atoms with E-state index in [4.69, 9.17) is 5.11 Å². The van der Waals surface area contributed by atoms with Crippen molar-refractivity contribution in [1.29, 1.82) is 0 Å². The van der Waals surface area contributed by atoms with Crippen LogP contribution in [0.5, 0.6) is 0 Å². The predicted octanol–water partition coefficient (Wildman–Crippen LogP) is 4.35. The van der Waals surface area contributed by atoms with E-state index in [1.165, 1.54) is 82.0 Å². The summed E-state index contributed by atoms with van der Waals surface area (Å²) in [6, 6.07) is 0.850. The lowest BCUT2D eigenvalue weighted by molar-refractivity contribution is -0.139. The van der Waals surface area contributed by atoms with Crippen LogP contribution in [-0.2, 0) is 9.53 Å². The number of ether oxygens (including phenoxy) is 1. The molecule has 6 nitrogen and oxygen atoms in total. The van der Waals surface area contributed by atoms with Gasteiger partial charge >= 0.3 is 12.1 Å². The molecule has 3 N–H and O–H groups in total. The fourth-order valence-corrected chi connectivity index (χ4v) is 4.15. The van der Waals surface area contributed by atoms with E-state index in [-0.39, 0.29) is 6.61 Å². The first-order chi connectivity index (χ1) is 13.6. The van der Waals surface area contributed by atoms with E-state index in [0.717, 1.165) is 12.1 Å². The maximum atomic E-state index is 11.0. The zero-order valence-electron chi connectivity index (χ0n) is 17.3. The molecule has 0 aromatic heterocycles. The first-order valence-corrected chi connectivity index (χ1v) is 12.0. The van der Waals surface area contributed by atoms with E-state index >= 15 is 0 Å². The van der Waals surface area contributed by atoms with Gasteiger partial charge < -0.3 is 20.5 Å². The number of hydrogen-bond donors (Lipinski definition) is 3. The number of carboxylic acid groups (broad SMARTS) is 1. The molecule has 2 rings (SSSR count). The van der Waals surface area contributed by atoms with Crippen molar-refractivity contribution >= 4 is 23.8 Å². The van der Waals surface area contributed by atoms with Gasteiger partial charge in [0.1, 0.15) is 12.6 Å². The third-order valence-electron chi connectivity index (χ3n) is 5.21. The Balaban J connectivity index is 0.000000281. The van der Waals surface area contributed by atoms with Gasteiger partial charge in [0.2, 0.25) is 0 Å². The van der Waals surface area contributed by atoms with Crippen LogP contribution >= 0.6 is 11.8 Å². The van der Waals surface area contributed by atoms with Crippen LogP contribution in [0.1, 0.15) is 70.6 Å². The zero-order valence-corrected chi connectivity index (χ0v) is 18.1. The Morgan fingerprint density at radius 1 is 1.11 bits per heavy atom. The fourth-order valence-electron chi connectivity index (χ4n) is 3.68. The summed E-state index contributed by atoms with van der Waals surface area (Å²) < 4.78 is 4.61. The second-order valence-corrected chi connectivity index (χ2v) is 8.53. The molecule has 0 saturated heterocycles. The number of carbonyl (C=O) groups is 2. The van der Waals surface area contributed by atoms with Crippen molar-refractivity contribution in [2.75, 3.05) is 18.6 Å². The van der Waals surface area contributed by atoms with Crippen LogP contribution in [0.15, 0.2) is 12.7 Å². The second-order valence-electron chi connectivity index (χ2n) is 7.54. The second kappa shape index (κ2) is 15.7. The van der Waals surface area contributed by atoms with Gasteiger partial charge in [-0.25, -0.2) is 9.59 Å². The Morgan fingerprint density at radius 3 is 2.07 bits per heavy atom. The molecule has 2 aliphatic rings. The van der Waals surface area contributed by atoms with Crippen LogP contribution in [-0.4, -0.2) is 53.9 Å². The third kappa shape index (κ3) is 11.6. The third-order valence-corrected chi connectivity index (χ3v) is 5.86. The highest BCUT2D eigenvalue weighted by Gasteiger charge is 2.20. The number of nitrogens with one attached hydrogen (secondary N) is 2. The molecule has 0 aromatic rings. The van der Waals surface area contributed by atoms with Gasteiger partial charge in [0.15, 0.2) is 0 Å². The van der Waals surface area contributed by atoms with Gasteiger partial charge in [0, 0.05) is 12.1 Å². The molecule has 0 aromatic carbocycles. The first-order valence-electron chi connectivity index (χ1n) is 10.6. The van der Waals surface area contributed by atoms with Gasteiger partial charge in [-0.3, -0.25) is 0 Å². The van der Waals surface area contributed by atoms with Crippen molar-refractivity contribution in [1.82, 2.24) is 10.6 Å². The Hall–Kier alpha value is -1.21. The lowest BCUT2D eigenvalue weighted by Gasteiger charge is -2.30. The van der Waals surface area contributed by atoms with Crippen molar-refractivity contribution in [2.24, 2.45) is 0 Å². The summed E-state index contributed by atoms with van der Waals surface area (Å²) in [5.41, 5.74) is 0. The van der Waals surface area contributed by atoms with Gasteiger partial charge in [-0.2, -0.15) is 11.8 Å². The molecule has 1 amide bonds. The normalized spacial score (nSPS) is 19.0. The number of hydrogen-bond acceptors (Lipinski definition) is 5. The molecule has 0 heterocycles. The monoisotopic (exact) mass is 414 g/mol. The molecule has 0 spiro atoms. The number of amides is 1. The first kappa shape index (κ1) is 24.8. The summed E-state index contributed by atoms with van der Waals surface area (Å²) in [6.45, 7) is 3.44. The fraction of sp³-hybridized carbons (Fsp3) is 0.810. The summed E-state index contributed by atoms with van der Waals surface area (Å²) in [7, 11) is 0. The molecule has 0 radical (unpaired) electrons. The number of thioether (sulfide) groups is 1. The van der Waals surface area contributed by atoms with Crippen molar-refractivity contribution in [3.63, 3.8) is 0 Å². The Kier molecular flexibility index (Phi) is 13.9. The van der Waals surface area contributed by atoms with Gasteiger partial charge in [-0.15, -0.1) is 0 Å². The Labute approximate surface area is 174 Å². The minimum atomic E-state index is -1.06. The van der Waals surface area contributed by atoms with Crippen molar-refractivity contribution in [2.45, 2.75) is 88.8 Å². The molecule has 2 saturated carbocycles. The van der Waals surface area contributed by atoms with E-state index in [9.17, 15) is 9.59 Å². The number of rotatable bonds is 9. The van der Waals surface area contributed by atoms with Crippen LogP contribution in [0, 0.1) is 0 Å². The summed E-state index contributed by atoms with van der Waals surface area (Å²) in [5, 5.41) is 14.9. The average molecular weight is 415 g/mol. The lowest BCUT2D eigenvalue weighted by atomic mass is 9.91. The van der Waals surface area contributed by atoms with Gasteiger partial charge in [0.05, 0.1) is 0 Å². The van der Waals surface area contributed by atoms with Crippen LogP contribution in [0.25, 0.3) is 0 Å². The number of carbonyl (C=O) groups excluding carboxylic acids is 1. The minimum absolute atomic E-state index is 0.0701. The number of carboxylic acids is 1. The van der Waals surface area contributed by atoms with E-state index in [1.807, 2.05) is 6.26 Å². The van der Waals surface area contributed by atoms with Gasteiger partial charge in [0.25, 0.3) is 0 Å². The summed E-state index contributed by atoms with van der Waals surface area (Å²) >= 11 is 1.52. The highest BCUT2D eigenvalue weighted by molar-refractivity contribution is 7.98. The quantitative estimate of drug-likeness (QED) is 0.486. The molecule has 28 heavy (non-hydrogen) atoms. The topological polar surface area (TPSA) is 87.7 Å². The molecule has 162 valence electrons. The van der Waals surface area contributed by atoms with Crippen LogP contribution in [0.2, 0.25) is 0 Å². The van der Waals surface area contributed by atoms with Crippen molar-refractivity contribution in [3.8, 4) is 0 Å². The average Bonchev–Trinajstić information content (AvgIpc) is 2.71. The lowest BCUT2D eigenvalue weighted by Crippen LogP contribution is -2.41. The minimum Gasteiger partial charge on any atom is -0.480 e. The molecule has 7 heteroatoms. The standard InChI is InChI=1S/C12H23N.C9H15NO4S/c1-3-7-11(8-4-1)13-12-9-5-2-6-10-12;1-3-5-14-9(13)10-7(8(11)12)4-6-15-2/h11-13H,1-10H2;3,7H,1,4-6H2,2H3,(H,10,13)(H,11,12)/t;7-/m.0/s1. The van der Waals surface area contributed by atoms with E-state index in [1.54, 1.807) is 0 Å². The van der Waals surface area contributed by atoms with Crippen molar-refractivity contribution in [3.05, 3.63) is 12.7 Å². The number of alkyl carbamates (subject to hydrolysis) is 1. The summed E-state index contributed by atoms with van der Waals surface area (Å²) in [5.74, 6) is -0.391. The molecule has 1 atom stereocenters. The summed E-state index contributed by atoms with van der Waals surface area (Å²) in [6.07, 6.45) is 17.5. The Morgan fingerprint density at radius 2 is 1.64 bits per heavy atom. The summed E-state index contributed by atoms with van der Waals surface area (Å²) in [4.78, 5) is 21.7. The highest BCUT2D eigenvalue weighted by atomic mass is 32.2. The largest absolute Gasteiger partial charge is 0.480 e. The van der Waals surface area contributed by atoms with E-state index < -0.39 is 18.1 Å². The molecule has 2 fully saturated rings. The zero-order chi connectivity index (χ0) is 20.6. The van der Waals surface area contributed by atoms with Crippen LogP contribution in [0.3, 0.4) is 0 Å². The maximum absolute atomic E-state index is 11.0. The molecule has 2 aliphatic carbocycles. The van der Waals surface area contributed by atoms with Crippen LogP contribution < -0.4 is 10.6 Å². The molecular formula is C21H38N2O4S. The smallest absolute Gasteiger partial charge is 0.408 e. The molecule has 0 aliphatic heterocycles. The van der Waals surface area contributed by atoms with E-state index in [0.29, 0.717) is 12.2 Å². The van der Waals surface area contributed by atoms with E-state index in [2.05, 4.69) is 21.9 Å².